The molecule has 21 heavy (non-hydrogen) atoms. The number of aromatic nitrogens is 2. The molecule has 0 aliphatic rings. The summed E-state index contributed by atoms with van der Waals surface area (Å²) in [5, 5.41) is 9.07. The second-order valence-electron chi connectivity index (χ2n) is 4.65. The Kier molecular flexibility index (Phi) is 4.80. The number of fused-ring (bicyclic) bond motifs is 1. The maximum Gasteiger partial charge on any atom is 0.272 e. The van der Waals surface area contributed by atoms with Gasteiger partial charge in [-0.1, -0.05) is 0 Å². The number of hydrogen-bond acceptors (Lipinski definition) is 4. The molecule has 1 amide bonds. The maximum absolute atomic E-state index is 12.6. The molecule has 2 heterocycles. The Morgan fingerprint density at radius 1 is 1.48 bits per heavy atom. The van der Waals surface area contributed by atoms with Gasteiger partial charge in [0.1, 0.15) is 5.69 Å². The lowest BCUT2D eigenvalue weighted by Gasteiger charge is -2.19. The Morgan fingerprint density at radius 3 is 2.86 bits per heavy atom. The summed E-state index contributed by atoms with van der Waals surface area (Å²) in [5.74, 6) is 0.526. The van der Waals surface area contributed by atoms with Gasteiger partial charge in [0.05, 0.1) is 18.9 Å². The van der Waals surface area contributed by atoms with Crippen molar-refractivity contribution >= 4 is 11.6 Å². The van der Waals surface area contributed by atoms with Crippen LogP contribution in [0.2, 0.25) is 0 Å². The van der Waals surface area contributed by atoms with Crippen molar-refractivity contribution < 1.29 is 14.6 Å². The third-order valence-corrected chi connectivity index (χ3v) is 3.33. The van der Waals surface area contributed by atoms with E-state index in [0.717, 1.165) is 0 Å². The third kappa shape index (κ3) is 2.85. The number of rotatable bonds is 6. The topological polar surface area (TPSA) is 67.1 Å². The highest BCUT2D eigenvalue weighted by molar-refractivity contribution is 5.95. The van der Waals surface area contributed by atoms with E-state index in [0.29, 0.717) is 42.5 Å². The zero-order chi connectivity index (χ0) is 15.4. The summed E-state index contributed by atoms with van der Waals surface area (Å²) in [7, 11) is 0. The molecular weight excluding hydrogens is 270 g/mol. The first-order chi connectivity index (χ1) is 10.1. The molecule has 2 rings (SSSR count). The zero-order valence-electron chi connectivity index (χ0n) is 12.7. The first-order valence-electron chi connectivity index (χ1n) is 7.14. The molecule has 2 aromatic heterocycles. The van der Waals surface area contributed by atoms with Gasteiger partial charge in [-0.2, -0.15) is 0 Å². The van der Waals surface area contributed by atoms with E-state index >= 15 is 0 Å². The lowest BCUT2D eigenvalue weighted by atomic mass is 10.3. The van der Waals surface area contributed by atoms with E-state index in [1.54, 1.807) is 15.5 Å². The molecule has 0 aliphatic heterocycles. The Bertz CT molecular complexity index is 636. The summed E-state index contributed by atoms with van der Waals surface area (Å²) in [5.41, 5.74) is 1.81. The molecule has 1 N–H and O–H groups in total. The highest BCUT2D eigenvalue weighted by Gasteiger charge is 2.22. The fourth-order valence-corrected chi connectivity index (χ4v) is 2.36. The summed E-state index contributed by atoms with van der Waals surface area (Å²) < 4.78 is 7.31. The Hall–Kier alpha value is -2.08. The molecule has 6 nitrogen and oxygen atoms in total. The van der Waals surface area contributed by atoms with E-state index in [4.69, 9.17) is 9.84 Å². The van der Waals surface area contributed by atoms with Crippen LogP contribution in [-0.4, -0.2) is 51.6 Å². The molecule has 2 aromatic rings. The fraction of sp³-hybridized carbons (Fsp3) is 0.467. The molecule has 0 saturated carbocycles. The molecule has 0 radical (unpaired) electrons. The highest BCUT2D eigenvalue weighted by atomic mass is 16.5. The lowest BCUT2D eigenvalue weighted by Crippen LogP contribution is -2.34. The zero-order valence-corrected chi connectivity index (χ0v) is 12.7. The minimum Gasteiger partial charge on any atom is -0.490 e. The lowest BCUT2D eigenvalue weighted by molar-refractivity contribution is 0.0724. The van der Waals surface area contributed by atoms with E-state index in [2.05, 4.69) is 4.98 Å². The van der Waals surface area contributed by atoms with E-state index in [1.807, 2.05) is 32.9 Å². The Balaban J connectivity index is 2.51. The van der Waals surface area contributed by atoms with Crippen LogP contribution >= 0.6 is 0 Å². The molecule has 114 valence electrons. The minimum atomic E-state index is -0.134. The number of ether oxygens (including phenoxy) is 1. The van der Waals surface area contributed by atoms with Crippen LogP contribution in [0.3, 0.4) is 0 Å². The number of carbonyl (C=O) groups is 1. The van der Waals surface area contributed by atoms with Crippen molar-refractivity contribution in [3.8, 4) is 5.75 Å². The number of aliphatic hydroxyl groups excluding tert-OH is 1. The first-order valence-corrected chi connectivity index (χ1v) is 7.14. The second-order valence-corrected chi connectivity index (χ2v) is 4.65. The third-order valence-electron chi connectivity index (χ3n) is 3.33. The minimum absolute atomic E-state index is 0.0560. The average molecular weight is 291 g/mol. The van der Waals surface area contributed by atoms with E-state index in [-0.39, 0.29) is 12.5 Å². The number of nitrogens with zero attached hydrogens (tertiary/aromatic N) is 3. The monoisotopic (exact) mass is 291 g/mol. The predicted octanol–water partition coefficient (Wildman–Crippen LogP) is 1.50. The molecule has 0 unspecified atom stereocenters. The van der Waals surface area contributed by atoms with Gasteiger partial charge in [-0.3, -0.25) is 9.20 Å². The SMILES string of the molecule is CCOc1cccn2c(C(=O)N(CC)CCO)c(C)nc12. The number of hydrogen-bond donors (Lipinski definition) is 1. The number of pyridine rings is 1. The Labute approximate surface area is 124 Å². The van der Waals surface area contributed by atoms with Crippen molar-refractivity contribution in [3.05, 3.63) is 29.7 Å². The summed E-state index contributed by atoms with van der Waals surface area (Å²) in [6.45, 7) is 6.94. The van der Waals surface area contributed by atoms with Gasteiger partial charge in [0.2, 0.25) is 0 Å². The summed E-state index contributed by atoms with van der Waals surface area (Å²) >= 11 is 0. The van der Waals surface area contributed by atoms with Gasteiger partial charge in [-0.15, -0.1) is 0 Å². The fourth-order valence-electron chi connectivity index (χ4n) is 2.36. The highest BCUT2D eigenvalue weighted by Crippen LogP contribution is 2.22. The van der Waals surface area contributed by atoms with Gasteiger partial charge in [-0.05, 0) is 32.9 Å². The quantitative estimate of drug-likeness (QED) is 0.875. The largest absolute Gasteiger partial charge is 0.490 e. The van der Waals surface area contributed by atoms with Crippen molar-refractivity contribution in [1.29, 1.82) is 0 Å². The van der Waals surface area contributed by atoms with Crippen molar-refractivity contribution in [1.82, 2.24) is 14.3 Å². The molecule has 0 spiro atoms. The summed E-state index contributed by atoms with van der Waals surface area (Å²) in [6.07, 6.45) is 1.80. The van der Waals surface area contributed by atoms with Crippen molar-refractivity contribution in [3.63, 3.8) is 0 Å². The number of aryl methyl sites for hydroxylation is 1. The number of likely N-dealkylation sites (N-methyl/N-ethyl adjacent to an activating group) is 1. The van der Waals surface area contributed by atoms with E-state index < -0.39 is 0 Å². The molecular formula is C15H21N3O3. The van der Waals surface area contributed by atoms with Crippen LogP contribution < -0.4 is 4.74 Å². The van der Waals surface area contributed by atoms with Gasteiger partial charge < -0.3 is 14.7 Å². The standard InChI is InChI=1S/C15H21N3O3/c1-4-17(9-10-19)15(20)13-11(3)16-14-12(21-5-2)7-6-8-18(13)14/h6-8,19H,4-5,9-10H2,1-3H3. The van der Waals surface area contributed by atoms with E-state index in [9.17, 15) is 4.79 Å². The van der Waals surface area contributed by atoms with Gasteiger partial charge in [0, 0.05) is 19.3 Å². The van der Waals surface area contributed by atoms with Crippen LogP contribution in [0.4, 0.5) is 0 Å². The van der Waals surface area contributed by atoms with Crippen LogP contribution in [-0.2, 0) is 0 Å². The molecule has 0 saturated heterocycles. The van der Waals surface area contributed by atoms with Crippen molar-refractivity contribution in [2.75, 3.05) is 26.3 Å². The van der Waals surface area contributed by atoms with Gasteiger partial charge in [0.15, 0.2) is 11.4 Å². The van der Waals surface area contributed by atoms with Gasteiger partial charge in [-0.25, -0.2) is 4.98 Å². The molecule has 0 aromatic carbocycles. The van der Waals surface area contributed by atoms with Crippen LogP contribution in [0.15, 0.2) is 18.3 Å². The first kappa shape index (κ1) is 15.3. The number of carbonyl (C=O) groups excluding carboxylic acids is 1. The molecule has 0 fully saturated rings. The van der Waals surface area contributed by atoms with Crippen LogP contribution in [0, 0.1) is 6.92 Å². The molecule has 0 aliphatic carbocycles. The molecule has 0 atom stereocenters. The smallest absolute Gasteiger partial charge is 0.272 e. The van der Waals surface area contributed by atoms with E-state index in [1.165, 1.54) is 0 Å². The number of imidazole rings is 1. The number of amides is 1. The van der Waals surface area contributed by atoms with Crippen LogP contribution in [0.5, 0.6) is 5.75 Å². The summed E-state index contributed by atoms with van der Waals surface area (Å²) in [6, 6.07) is 3.67. The average Bonchev–Trinajstić information content (AvgIpc) is 2.81. The van der Waals surface area contributed by atoms with Crippen LogP contribution in [0.25, 0.3) is 5.65 Å². The maximum atomic E-state index is 12.6. The number of aliphatic hydroxyl groups is 1. The van der Waals surface area contributed by atoms with Crippen molar-refractivity contribution in [2.45, 2.75) is 20.8 Å². The van der Waals surface area contributed by atoms with Gasteiger partial charge >= 0.3 is 0 Å². The van der Waals surface area contributed by atoms with Gasteiger partial charge in [0.25, 0.3) is 5.91 Å². The molecule has 6 heteroatoms. The second kappa shape index (κ2) is 6.58. The van der Waals surface area contributed by atoms with Crippen molar-refractivity contribution in [2.24, 2.45) is 0 Å². The normalized spacial score (nSPS) is 10.9. The predicted molar refractivity (Wildman–Crippen MR) is 79.8 cm³/mol. The van der Waals surface area contributed by atoms with Crippen LogP contribution in [0.1, 0.15) is 30.0 Å². The molecule has 0 bridgehead atoms. The summed E-state index contributed by atoms with van der Waals surface area (Å²) in [4.78, 5) is 18.7. The Morgan fingerprint density at radius 2 is 2.24 bits per heavy atom.